The van der Waals surface area contributed by atoms with Crippen LogP contribution in [0.25, 0.3) is 0 Å². The molecule has 0 radical (unpaired) electrons. The van der Waals surface area contributed by atoms with Crippen LogP contribution in [0.15, 0.2) is 16.8 Å². The van der Waals surface area contributed by atoms with Crippen LogP contribution < -0.4 is 0 Å². The number of likely N-dealkylation sites (tertiary alicyclic amines) is 2. The van der Waals surface area contributed by atoms with Crippen molar-refractivity contribution >= 4 is 17.2 Å². The molecule has 4 rings (SSSR count). The first kappa shape index (κ1) is 18.5. The summed E-state index contributed by atoms with van der Waals surface area (Å²) in [6.45, 7) is 9.24. The van der Waals surface area contributed by atoms with E-state index in [-0.39, 0.29) is 11.5 Å². The van der Waals surface area contributed by atoms with E-state index in [4.69, 9.17) is 4.74 Å². The van der Waals surface area contributed by atoms with E-state index in [1.54, 1.807) is 11.3 Å². The molecule has 4 heterocycles. The summed E-state index contributed by atoms with van der Waals surface area (Å²) in [6, 6.07) is 2.70. The number of thiophene rings is 1. The molecule has 0 aromatic carbocycles. The maximum Gasteiger partial charge on any atom is 0.226 e. The number of nitrogens with zero attached hydrogens (tertiary/aromatic N) is 2. The molecule has 0 N–H and O–H groups in total. The molecule has 1 amide bonds. The zero-order valence-corrected chi connectivity index (χ0v) is 17.0. The van der Waals surface area contributed by atoms with Crippen molar-refractivity contribution < 1.29 is 9.53 Å². The van der Waals surface area contributed by atoms with Gasteiger partial charge in [0.05, 0.1) is 5.60 Å². The van der Waals surface area contributed by atoms with Crippen LogP contribution in [0.3, 0.4) is 0 Å². The molecule has 1 aromatic rings. The third-order valence-electron chi connectivity index (χ3n) is 6.47. The highest BCUT2D eigenvalue weighted by Crippen LogP contribution is 2.35. The largest absolute Gasteiger partial charge is 0.376 e. The smallest absolute Gasteiger partial charge is 0.226 e. The summed E-state index contributed by atoms with van der Waals surface area (Å²) in [6.07, 6.45) is 5.32. The monoisotopic (exact) mass is 376 g/mol. The van der Waals surface area contributed by atoms with E-state index in [1.807, 2.05) is 0 Å². The van der Waals surface area contributed by atoms with Crippen LogP contribution in [0.4, 0.5) is 0 Å². The lowest BCUT2D eigenvalue weighted by atomic mass is 9.81. The summed E-state index contributed by atoms with van der Waals surface area (Å²) in [5, 5.41) is 4.42. The van der Waals surface area contributed by atoms with Crippen LogP contribution in [-0.2, 0) is 16.1 Å². The van der Waals surface area contributed by atoms with E-state index in [1.165, 1.54) is 12.0 Å². The third-order valence-corrected chi connectivity index (χ3v) is 7.20. The number of piperidine rings is 2. The molecule has 0 bridgehead atoms. The van der Waals surface area contributed by atoms with Crippen molar-refractivity contribution in [1.29, 1.82) is 0 Å². The zero-order chi connectivity index (χ0) is 18.1. The molecule has 0 aliphatic carbocycles. The molecule has 3 saturated heterocycles. The van der Waals surface area contributed by atoms with Gasteiger partial charge in [0, 0.05) is 44.7 Å². The minimum atomic E-state index is -0.155. The standard InChI is InChI=1S/C21H32N2O2S/c1-21(2)12-17(6-10-25-21)20(24)23-8-3-4-18-14-22(9-5-19(18)23)13-16-7-11-26-15-16/h7,11,15,17-19H,3-6,8-10,12-14H2,1-2H3/t17?,18-,19-/m1/s1. The van der Waals surface area contributed by atoms with Crippen molar-refractivity contribution in [2.45, 2.75) is 64.1 Å². The van der Waals surface area contributed by atoms with Crippen LogP contribution in [0.5, 0.6) is 0 Å². The van der Waals surface area contributed by atoms with Gasteiger partial charge >= 0.3 is 0 Å². The predicted molar refractivity (Wildman–Crippen MR) is 105 cm³/mol. The van der Waals surface area contributed by atoms with Gasteiger partial charge in [0.2, 0.25) is 5.91 Å². The lowest BCUT2D eigenvalue weighted by Gasteiger charge is -2.49. The van der Waals surface area contributed by atoms with E-state index >= 15 is 0 Å². The second-order valence-corrected chi connectivity index (χ2v) is 9.73. The molecule has 0 spiro atoms. The van der Waals surface area contributed by atoms with Gasteiger partial charge < -0.3 is 9.64 Å². The third kappa shape index (κ3) is 4.00. The number of fused-ring (bicyclic) bond motifs is 1. The average molecular weight is 377 g/mol. The van der Waals surface area contributed by atoms with Crippen molar-refractivity contribution in [1.82, 2.24) is 9.80 Å². The highest BCUT2D eigenvalue weighted by Gasteiger charge is 2.42. The molecular weight excluding hydrogens is 344 g/mol. The van der Waals surface area contributed by atoms with E-state index < -0.39 is 0 Å². The van der Waals surface area contributed by atoms with Crippen molar-refractivity contribution in [3.05, 3.63) is 22.4 Å². The molecule has 3 aliphatic heterocycles. The molecule has 3 fully saturated rings. The summed E-state index contributed by atoms with van der Waals surface area (Å²) < 4.78 is 5.83. The minimum Gasteiger partial charge on any atom is -0.376 e. The fraction of sp³-hybridized carbons (Fsp3) is 0.762. The number of hydrogen-bond donors (Lipinski definition) is 0. The second kappa shape index (κ2) is 7.61. The van der Waals surface area contributed by atoms with Gasteiger partial charge in [0.1, 0.15) is 0 Å². The topological polar surface area (TPSA) is 32.8 Å². The van der Waals surface area contributed by atoms with Crippen molar-refractivity contribution in [2.24, 2.45) is 11.8 Å². The SMILES string of the molecule is CC1(C)CC(C(=O)N2CCC[C@@H]3CN(Cc4ccsc4)CC[C@H]32)CCO1. The lowest BCUT2D eigenvalue weighted by Crippen LogP contribution is -2.57. The molecule has 5 heteroatoms. The van der Waals surface area contributed by atoms with Gasteiger partial charge in [0.15, 0.2) is 0 Å². The fourth-order valence-electron chi connectivity index (χ4n) is 5.21. The van der Waals surface area contributed by atoms with E-state index in [0.717, 1.165) is 58.5 Å². The van der Waals surface area contributed by atoms with E-state index in [2.05, 4.69) is 40.5 Å². The maximum absolute atomic E-state index is 13.3. The normalized spacial score (nSPS) is 32.2. The first-order valence-electron chi connectivity index (χ1n) is 10.2. The minimum absolute atomic E-state index is 0.154. The zero-order valence-electron chi connectivity index (χ0n) is 16.2. The van der Waals surface area contributed by atoms with Gasteiger partial charge in [0.25, 0.3) is 0 Å². The first-order chi connectivity index (χ1) is 12.5. The Morgan fingerprint density at radius 1 is 1.31 bits per heavy atom. The van der Waals surface area contributed by atoms with Crippen LogP contribution in [0, 0.1) is 11.8 Å². The molecule has 3 atom stereocenters. The molecule has 0 saturated carbocycles. The van der Waals surface area contributed by atoms with Crippen molar-refractivity contribution in [3.63, 3.8) is 0 Å². The van der Waals surface area contributed by atoms with Crippen LogP contribution in [0.1, 0.15) is 51.5 Å². The van der Waals surface area contributed by atoms with Gasteiger partial charge in [-0.15, -0.1) is 0 Å². The Balaban J connectivity index is 1.39. The van der Waals surface area contributed by atoms with E-state index in [9.17, 15) is 4.79 Å². The molecule has 1 unspecified atom stereocenters. The maximum atomic E-state index is 13.3. The molecule has 26 heavy (non-hydrogen) atoms. The van der Waals surface area contributed by atoms with Crippen molar-refractivity contribution in [2.75, 3.05) is 26.2 Å². The lowest BCUT2D eigenvalue weighted by molar-refractivity contribution is -0.152. The first-order valence-corrected chi connectivity index (χ1v) is 11.1. The highest BCUT2D eigenvalue weighted by molar-refractivity contribution is 7.07. The van der Waals surface area contributed by atoms with Crippen LogP contribution in [0.2, 0.25) is 0 Å². The Morgan fingerprint density at radius 2 is 2.19 bits per heavy atom. The summed E-state index contributed by atoms with van der Waals surface area (Å²) in [5.74, 6) is 1.21. The quantitative estimate of drug-likeness (QED) is 0.805. The molecule has 1 aromatic heterocycles. The van der Waals surface area contributed by atoms with Crippen molar-refractivity contribution in [3.8, 4) is 0 Å². The number of carbonyl (C=O) groups excluding carboxylic acids is 1. The predicted octanol–water partition coefficient (Wildman–Crippen LogP) is 3.77. The molecule has 3 aliphatic rings. The molecule has 4 nitrogen and oxygen atoms in total. The second-order valence-electron chi connectivity index (χ2n) is 8.95. The van der Waals surface area contributed by atoms with Gasteiger partial charge in [-0.1, -0.05) is 0 Å². The Kier molecular flexibility index (Phi) is 5.40. The Bertz CT molecular complexity index is 616. The number of rotatable bonds is 3. The van der Waals surface area contributed by atoms with E-state index in [0.29, 0.717) is 17.9 Å². The average Bonchev–Trinajstić information content (AvgIpc) is 3.12. The van der Waals surface area contributed by atoms with Gasteiger partial charge in [-0.05, 0) is 74.3 Å². The van der Waals surface area contributed by atoms with Gasteiger partial charge in [-0.2, -0.15) is 11.3 Å². The Morgan fingerprint density at radius 3 is 2.96 bits per heavy atom. The fourth-order valence-corrected chi connectivity index (χ4v) is 5.87. The molecule has 144 valence electrons. The van der Waals surface area contributed by atoms with Crippen LogP contribution in [-0.4, -0.2) is 53.6 Å². The highest BCUT2D eigenvalue weighted by atomic mass is 32.1. The number of hydrogen-bond acceptors (Lipinski definition) is 4. The summed E-state index contributed by atoms with van der Waals surface area (Å²) in [5.41, 5.74) is 1.28. The summed E-state index contributed by atoms with van der Waals surface area (Å²) in [7, 11) is 0. The number of ether oxygens (including phenoxy) is 1. The number of amides is 1. The Hall–Kier alpha value is -0.910. The van der Waals surface area contributed by atoms with Crippen LogP contribution >= 0.6 is 11.3 Å². The molecular formula is C21H32N2O2S. The van der Waals surface area contributed by atoms with Gasteiger partial charge in [-0.25, -0.2) is 0 Å². The summed E-state index contributed by atoms with van der Waals surface area (Å²) in [4.78, 5) is 18.1. The number of carbonyl (C=O) groups is 1. The summed E-state index contributed by atoms with van der Waals surface area (Å²) >= 11 is 1.78. The van der Waals surface area contributed by atoms with Gasteiger partial charge in [-0.3, -0.25) is 9.69 Å². The Labute approximate surface area is 161 Å².